The molecule has 1 atom stereocenters. The molecule has 32 heavy (non-hydrogen) atoms. The first-order chi connectivity index (χ1) is 15.4. The van der Waals surface area contributed by atoms with E-state index >= 15 is 0 Å². The van der Waals surface area contributed by atoms with Crippen LogP contribution in [-0.2, 0) is 17.6 Å². The average Bonchev–Trinajstić information content (AvgIpc) is 3.42. The van der Waals surface area contributed by atoms with Gasteiger partial charge in [-0.15, -0.1) is 10.2 Å². The van der Waals surface area contributed by atoms with Crippen LogP contribution >= 0.6 is 0 Å². The molecule has 7 heteroatoms. The van der Waals surface area contributed by atoms with Crippen LogP contribution in [0.25, 0.3) is 0 Å². The highest BCUT2D eigenvalue weighted by molar-refractivity contribution is 5.76. The molecule has 4 rings (SSSR count). The van der Waals surface area contributed by atoms with Crippen molar-refractivity contribution in [3.8, 4) is 0 Å². The van der Waals surface area contributed by atoms with Gasteiger partial charge in [-0.1, -0.05) is 26.0 Å². The maximum absolute atomic E-state index is 13.5. The van der Waals surface area contributed by atoms with E-state index in [-0.39, 0.29) is 23.6 Å². The van der Waals surface area contributed by atoms with Gasteiger partial charge in [-0.05, 0) is 55.2 Å². The average molecular weight is 437 g/mol. The number of aryl methyl sites for hydroxylation is 2. The van der Waals surface area contributed by atoms with Crippen molar-refractivity contribution in [1.82, 2.24) is 20.1 Å². The zero-order valence-electron chi connectivity index (χ0n) is 18.8. The summed E-state index contributed by atoms with van der Waals surface area (Å²) in [4.78, 5) is 19.4. The van der Waals surface area contributed by atoms with Gasteiger partial charge in [0.1, 0.15) is 5.82 Å². The van der Waals surface area contributed by atoms with Gasteiger partial charge in [0, 0.05) is 49.2 Å². The van der Waals surface area contributed by atoms with Gasteiger partial charge in [0.25, 0.3) is 0 Å². The van der Waals surface area contributed by atoms with Crippen molar-refractivity contribution in [2.75, 3.05) is 13.1 Å². The van der Waals surface area contributed by atoms with Crippen molar-refractivity contribution in [2.24, 2.45) is 0 Å². The van der Waals surface area contributed by atoms with Gasteiger partial charge < -0.3 is 9.32 Å². The largest absolute Gasteiger partial charge is 0.425 e. The van der Waals surface area contributed by atoms with Crippen LogP contribution in [0, 0.1) is 12.7 Å². The Hall–Kier alpha value is -3.09. The molecule has 1 aliphatic rings. The lowest BCUT2D eigenvalue weighted by molar-refractivity contribution is -0.130. The number of halogens is 1. The standard InChI is InChI=1S/C25H29FN4O2/c1-16(2)25-29-28-23(32-25)7-8-24(31)30-10-9-20(15-30)22-14-19(11-17(3)27-22)12-18-5-4-6-21(26)13-18/h4-6,11,13-14,16,20H,7-10,12,15H2,1-3H3/t20-/m1/s1. The van der Waals surface area contributed by atoms with Crippen LogP contribution in [-0.4, -0.2) is 39.1 Å². The normalized spacial score (nSPS) is 16.2. The third kappa shape index (κ3) is 5.39. The summed E-state index contributed by atoms with van der Waals surface area (Å²) in [5.41, 5.74) is 3.99. The fraction of sp³-hybridized carbons (Fsp3) is 0.440. The highest BCUT2D eigenvalue weighted by atomic mass is 19.1. The third-order valence-electron chi connectivity index (χ3n) is 5.82. The second-order valence-electron chi connectivity index (χ2n) is 8.86. The SMILES string of the molecule is Cc1cc(Cc2cccc(F)c2)cc([C@@H]2CCN(C(=O)CCc3nnc(C(C)C)o3)C2)n1. The number of pyridine rings is 1. The molecule has 3 heterocycles. The smallest absolute Gasteiger partial charge is 0.223 e. The van der Waals surface area contributed by atoms with Crippen molar-refractivity contribution in [3.63, 3.8) is 0 Å². The lowest BCUT2D eigenvalue weighted by atomic mass is 9.98. The van der Waals surface area contributed by atoms with Gasteiger partial charge in [0.05, 0.1) is 0 Å². The first kappa shape index (κ1) is 22.1. The first-order valence-corrected chi connectivity index (χ1v) is 11.2. The van der Waals surface area contributed by atoms with Gasteiger partial charge >= 0.3 is 0 Å². The van der Waals surface area contributed by atoms with Gasteiger partial charge in [-0.3, -0.25) is 9.78 Å². The molecular formula is C25H29FN4O2. The second kappa shape index (κ2) is 9.59. The Kier molecular flexibility index (Phi) is 6.63. The van der Waals surface area contributed by atoms with Gasteiger partial charge in [0.2, 0.25) is 17.7 Å². The minimum Gasteiger partial charge on any atom is -0.425 e. The number of likely N-dealkylation sites (tertiary alicyclic amines) is 1. The Morgan fingerprint density at radius 3 is 2.81 bits per heavy atom. The van der Waals surface area contributed by atoms with Crippen LogP contribution in [0.4, 0.5) is 4.39 Å². The fourth-order valence-electron chi connectivity index (χ4n) is 4.16. The summed E-state index contributed by atoms with van der Waals surface area (Å²) >= 11 is 0. The molecule has 1 aliphatic heterocycles. The van der Waals surface area contributed by atoms with Crippen molar-refractivity contribution in [3.05, 3.63) is 76.5 Å². The molecule has 0 bridgehead atoms. The molecule has 1 aromatic carbocycles. The molecular weight excluding hydrogens is 407 g/mol. The zero-order chi connectivity index (χ0) is 22.7. The number of benzene rings is 1. The molecule has 6 nitrogen and oxygen atoms in total. The summed E-state index contributed by atoms with van der Waals surface area (Å²) in [6.07, 6.45) is 2.37. The molecule has 0 unspecified atom stereocenters. The maximum Gasteiger partial charge on any atom is 0.223 e. The Morgan fingerprint density at radius 1 is 1.22 bits per heavy atom. The van der Waals surface area contributed by atoms with Crippen LogP contribution in [0.5, 0.6) is 0 Å². The monoisotopic (exact) mass is 436 g/mol. The number of hydrogen-bond acceptors (Lipinski definition) is 5. The third-order valence-corrected chi connectivity index (χ3v) is 5.82. The molecule has 0 N–H and O–H groups in total. The number of rotatable bonds is 7. The van der Waals surface area contributed by atoms with E-state index in [4.69, 9.17) is 9.40 Å². The van der Waals surface area contributed by atoms with E-state index in [1.54, 1.807) is 12.1 Å². The predicted octanol–water partition coefficient (Wildman–Crippen LogP) is 4.58. The molecule has 168 valence electrons. The molecule has 2 aromatic heterocycles. The van der Waals surface area contributed by atoms with E-state index in [0.717, 1.165) is 35.5 Å². The molecule has 0 aliphatic carbocycles. The van der Waals surface area contributed by atoms with Crippen molar-refractivity contribution < 1.29 is 13.6 Å². The Bertz CT molecular complexity index is 1100. The van der Waals surface area contributed by atoms with Gasteiger partial charge in [-0.25, -0.2) is 4.39 Å². The van der Waals surface area contributed by atoms with E-state index in [1.165, 1.54) is 6.07 Å². The summed E-state index contributed by atoms with van der Waals surface area (Å²) in [5.74, 6) is 1.39. The van der Waals surface area contributed by atoms with E-state index in [9.17, 15) is 9.18 Å². The summed E-state index contributed by atoms with van der Waals surface area (Å²) in [6, 6.07) is 10.8. The van der Waals surface area contributed by atoms with Crippen LogP contribution in [0.1, 0.15) is 72.8 Å². The number of carbonyl (C=O) groups is 1. The lowest BCUT2D eigenvalue weighted by Gasteiger charge is -2.17. The molecule has 1 saturated heterocycles. The molecule has 0 spiro atoms. The molecule has 0 saturated carbocycles. The number of hydrogen-bond donors (Lipinski definition) is 0. The van der Waals surface area contributed by atoms with Crippen LogP contribution in [0.15, 0.2) is 40.8 Å². The zero-order valence-corrected chi connectivity index (χ0v) is 18.8. The minimum absolute atomic E-state index is 0.101. The number of nitrogens with zero attached hydrogens (tertiary/aromatic N) is 4. The maximum atomic E-state index is 13.5. The number of carbonyl (C=O) groups excluding carboxylic acids is 1. The summed E-state index contributed by atoms with van der Waals surface area (Å²) in [7, 11) is 0. The molecule has 1 amide bonds. The fourth-order valence-corrected chi connectivity index (χ4v) is 4.16. The Balaban J connectivity index is 1.37. The predicted molar refractivity (Wildman–Crippen MR) is 119 cm³/mol. The highest BCUT2D eigenvalue weighted by Crippen LogP contribution is 2.28. The minimum atomic E-state index is -0.223. The molecule has 1 fully saturated rings. The lowest BCUT2D eigenvalue weighted by Crippen LogP contribution is -2.28. The highest BCUT2D eigenvalue weighted by Gasteiger charge is 2.28. The first-order valence-electron chi connectivity index (χ1n) is 11.2. The van der Waals surface area contributed by atoms with E-state index in [1.807, 2.05) is 37.8 Å². The van der Waals surface area contributed by atoms with E-state index in [0.29, 0.717) is 37.6 Å². The van der Waals surface area contributed by atoms with Crippen molar-refractivity contribution in [1.29, 1.82) is 0 Å². The van der Waals surface area contributed by atoms with E-state index in [2.05, 4.69) is 16.3 Å². The molecule has 0 radical (unpaired) electrons. The van der Waals surface area contributed by atoms with Gasteiger partial charge in [-0.2, -0.15) is 0 Å². The quantitative estimate of drug-likeness (QED) is 0.542. The Morgan fingerprint density at radius 2 is 2.06 bits per heavy atom. The number of amides is 1. The summed E-state index contributed by atoms with van der Waals surface area (Å²) in [5, 5.41) is 8.06. The van der Waals surface area contributed by atoms with Crippen LogP contribution in [0.3, 0.4) is 0 Å². The van der Waals surface area contributed by atoms with Crippen molar-refractivity contribution in [2.45, 2.75) is 58.3 Å². The summed E-state index contributed by atoms with van der Waals surface area (Å²) in [6.45, 7) is 7.35. The summed E-state index contributed by atoms with van der Waals surface area (Å²) < 4.78 is 19.1. The Labute approximate surface area is 187 Å². The number of aromatic nitrogens is 3. The topological polar surface area (TPSA) is 72.1 Å². The molecule has 3 aromatic rings. The van der Waals surface area contributed by atoms with Crippen LogP contribution < -0.4 is 0 Å². The van der Waals surface area contributed by atoms with Gasteiger partial charge in [0.15, 0.2) is 0 Å². The van der Waals surface area contributed by atoms with E-state index < -0.39 is 0 Å². The second-order valence-corrected chi connectivity index (χ2v) is 8.86. The van der Waals surface area contributed by atoms with Crippen molar-refractivity contribution >= 4 is 5.91 Å². The van der Waals surface area contributed by atoms with Crippen LogP contribution in [0.2, 0.25) is 0 Å².